The van der Waals surface area contributed by atoms with Crippen molar-refractivity contribution in [3.05, 3.63) is 35.4 Å². The van der Waals surface area contributed by atoms with Gasteiger partial charge in [0.25, 0.3) is 5.91 Å². The van der Waals surface area contributed by atoms with E-state index in [1.807, 2.05) is 0 Å². The van der Waals surface area contributed by atoms with E-state index in [9.17, 15) is 13.6 Å². The molecule has 1 aromatic carbocycles. The number of hydrogen-bond donors (Lipinski definition) is 2. The third-order valence-corrected chi connectivity index (χ3v) is 3.12. The predicted molar refractivity (Wildman–Crippen MR) is 64.3 cm³/mol. The maximum absolute atomic E-state index is 13.3. The molecule has 1 heterocycles. The molecule has 0 saturated carbocycles. The molecule has 98 valence electrons. The Balaban J connectivity index is 1.83. The fourth-order valence-corrected chi connectivity index (χ4v) is 2.13. The molecule has 3 nitrogen and oxygen atoms in total. The Morgan fingerprint density at radius 3 is 2.94 bits per heavy atom. The molecule has 0 radical (unpaired) electrons. The molecule has 0 bridgehead atoms. The summed E-state index contributed by atoms with van der Waals surface area (Å²) in [7, 11) is 0. The van der Waals surface area contributed by atoms with Crippen molar-refractivity contribution in [2.75, 3.05) is 13.1 Å². The highest BCUT2D eigenvalue weighted by atomic mass is 19.1. The van der Waals surface area contributed by atoms with Crippen molar-refractivity contribution in [3.8, 4) is 0 Å². The Labute approximate surface area is 105 Å². The summed E-state index contributed by atoms with van der Waals surface area (Å²) in [5.41, 5.74) is -0.115. The smallest absolute Gasteiger partial charge is 0.254 e. The summed E-state index contributed by atoms with van der Waals surface area (Å²) in [4.78, 5) is 11.7. The molecule has 0 aromatic heterocycles. The second kappa shape index (κ2) is 5.91. The van der Waals surface area contributed by atoms with Gasteiger partial charge in [-0.15, -0.1) is 0 Å². The minimum Gasteiger partial charge on any atom is -0.352 e. The lowest BCUT2D eigenvalue weighted by atomic mass is 10.1. The minimum atomic E-state index is -0.827. The first-order valence-electron chi connectivity index (χ1n) is 6.13. The second-order valence-electron chi connectivity index (χ2n) is 4.46. The van der Waals surface area contributed by atoms with Crippen molar-refractivity contribution in [3.63, 3.8) is 0 Å². The molecule has 5 heteroatoms. The SMILES string of the molecule is O=C(NCC[C@@H]1CCCN1)c1ccc(F)cc1F. The number of hydrogen-bond acceptors (Lipinski definition) is 2. The Morgan fingerprint density at radius 2 is 2.28 bits per heavy atom. The van der Waals surface area contributed by atoms with Crippen molar-refractivity contribution in [1.82, 2.24) is 10.6 Å². The summed E-state index contributed by atoms with van der Waals surface area (Å²) in [6, 6.07) is 3.39. The van der Waals surface area contributed by atoms with Crippen LogP contribution in [0, 0.1) is 11.6 Å². The van der Waals surface area contributed by atoms with Gasteiger partial charge < -0.3 is 10.6 Å². The third-order valence-electron chi connectivity index (χ3n) is 3.12. The quantitative estimate of drug-likeness (QED) is 0.860. The molecule has 1 saturated heterocycles. The maximum atomic E-state index is 13.3. The lowest BCUT2D eigenvalue weighted by molar-refractivity contribution is 0.0948. The van der Waals surface area contributed by atoms with E-state index in [0.717, 1.165) is 37.9 Å². The normalized spacial score (nSPS) is 18.9. The van der Waals surface area contributed by atoms with Crippen LogP contribution in [0.1, 0.15) is 29.6 Å². The van der Waals surface area contributed by atoms with Crippen molar-refractivity contribution in [2.45, 2.75) is 25.3 Å². The van der Waals surface area contributed by atoms with Crippen LogP contribution in [0.3, 0.4) is 0 Å². The number of halogens is 2. The molecule has 18 heavy (non-hydrogen) atoms. The highest BCUT2D eigenvalue weighted by Crippen LogP contribution is 2.10. The molecule has 0 unspecified atom stereocenters. The van der Waals surface area contributed by atoms with Crippen LogP contribution < -0.4 is 10.6 Å². The highest BCUT2D eigenvalue weighted by Gasteiger charge is 2.15. The largest absolute Gasteiger partial charge is 0.352 e. The van der Waals surface area contributed by atoms with Crippen LogP contribution in [0.25, 0.3) is 0 Å². The molecule has 2 rings (SSSR count). The van der Waals surface area contributed by atoms with Gasteiger partial charge in [-0.05, 0) is 37.9 Å². The first-order valence-corrected chi connectivity index (χ1v) is 6.13. The van der Waals surface area contributed by atoms with Crippen molar-refractivity contribution < 1.29 is 13.6 Å². The zero-order valence-electron chi connectivity index (χ0n) is 10.0. The summed E-state index contributed by atoms with van der Waals surface area (Å²) in [5, 5.41) is 5.96. The van der Waals surface area contributed by atoms with Gasteiger partial charge in [-0.25, -0.2) is 8.78 Å². The fourth-order valence-electron chi connectivity index (χ4n) is 2.13. The van der Waals surface area contributed by atoms with Gasteiger partial charge in [0.2, 0.25) is 0 Å². The summed E-state index contributed by atoms with van der Waals surface area (Å²) < 4.78 is 26.0. The van der Waals surface area contributed by atoms with E-state index in [0.29, 0.717) is 18.7 Å². The minimum absolute atomic E-state index is 0.115. The lowest BCUT2D eigenvalue weighted by Gasteiger charge is -2.11. The van der Waals surface area contributed by atoms with Crippen molar-refractivity contribution in [2.24, 2.45) is 0 Å². The van der Waals surface area contributed by atoms with E-state index < -0.39 is 17.5 Å². The average molecular weight is 254 g/mol. The molecular weight excluding hydrogens is 238 g/mol. The first kappa shape index (κ1) is 13.0. The van der Waals surface area contributed by atoms with Gasteiger partial charge >= 0.3 is 0 Å². The monoisotopic (exact) mass is 254 g/mol. The number of amides is 1. The van der Waals surface area contributed by atoms with Crippen molar-refractivity contribution in [1.29, 1.82) is 0 Å². The zero-order valence-corrected chi connectivity index (χ0v) is 10.0. The lowest BCUT2D eigenvalue weighted by Crippen LogP contribution is -2.31. The molecule has 1 amide bonds. The van der Waals surface area contributed by atoms with Crippen LogP contribution in [0.2, 0.25) is 0 Å². The van der Waals surface area contributed by atoms with Gasteiger partial charge in [-0.1, -0.05) is 0 Å². The maximum Gasteiger partial charge on any atom is 0.254 e. The fraction of sp³-hybridized carbons (Fsp3) is 0.462. The van der Waals surface area contributed by atoms with E-state index >= 15 is 0 Å². The van der Waals surface area contributed by atoms with Crippen LogP contribution in [-0.4, -0.2) is 25.0 Å². The Morgan fingerprint density at radius 1 is 1.44 bits per heavy atom. The molecule has 1 atom stereocenters. The van der Waals surface area contributed by atoms with E-state index in [2.05, 4.69) is 10.6 Å². The van der Waals surface area contributed by atoms with E-state index in [-0.39, 0.29) is 5.56 Å². The van der Waals surface area contributed by atoms with Crippen LogP contribution in [-0.2, 0) is 0 Å². The molecule has 1 aliphatic heterocycles. The van der Waals surface area contributed by atoms with Crippen LogP contribution >= 0.6 is 0 Å². The van der Waals surface area contributed by atoms with Crippen LogP contribution in [0.4, 0.5) is 8.78 Å². The third kappa shape index (κ3) is 3.26. The van der Waals surface area contributed by atoms with Gasteiger partial charge in [0, 0.05) is 18.7 Å². The van der Waals surface area contributed by atoms with E-state index in [1.165, 1.54) is 0 Å². The Hall–Kier alpha value is -1.49. The highest BCUT2D eigenvalue weighted by molar-refractivity contribution is 5.94. The van der Waals surface area contributed by atoms with Gasteiger partial charge in [0.05, 0.1) is 5.56 Å². The molecule has 1 fully saturated rings. The Kier molecular flexibility index (Phi) is 4.25. The Bertz CT molecular complexity index is 431. The van der Waals surface area contributed by atoms with E-state index in [4.69, 9.17) is 0 Å². The van der Waals surface area contributed by atoms with Crippen molar-refractivity contribution >= 4 is 5.91 Å². The second-order valence-corrected chi connectivity index (χ2v) is 4.46. The number of rotatable bonds is 4. The molecule has 2 N–H and O–H groups in total. The standard InChI is InChI=1S/C13H16F2N2O/c14-9-3-4-11(12(15)8-9)13(18)17-7-5-10-2-1-6-16-10/h3-4,8,10,16H,1-2,5-7H2,(H,17,18)/t10-/m0/s1. The summed E-state index contributed by atoms with van der Waals surface area (Å²) in [5.74, 6) is -2.00. The molecule has 1 aliphatic rings. The van der Waals surface area contributed by atoms with Crippen LogP contribution in [0.15, 0.2) is 18.2 Å². The summed E-state index contributed by atoms with van der Waals surface area (Å²) >= 11 is 0. The number of carbonyl (C=O) groups excluding carboxylic acids is 1. The predicted octanol–water partition coefficient (Wildman–Crippen LogP) is 1.84. The summed E-state index contributed by atoms with van der Waals surface area (Å²) in [6.07, 6.45) is 3.10. The number of benzene rings is 1. The van der Waals surface area contributed by atoms with Gasteiger partial charge in [-0.3, -0.25) is 4.79 Å². The molecule has 0 spiro atoms. The van der Waals surface area contributed by atoms with Gasteiger partial charge in [-0.2, -0.15) is 0 Å². The first-order chi connectivity index (χ1) is 8.66. The van der Waals surface area contributed by atoms with Crippen LogP contribution in [0.5, 0.6) is 0 Å². The average Bonchev–Trinajstić information content (AvgIpc) is 2.81. The zero-order chi connectivity index (χ0) is 13.0. The number of nitrogens with one attached hydrogen (secondary N) is 2. The topological polar surface area (TPSA) is 41.1 Å². The molecular formula is C13H16F2N2O. The molecule has 1 aromatic rings. The van der Waals surface area contributed by atoms with Gasteiger partial charge in [0.15, 0.2) is 0 Å². The van der Waals surface area contributed by atoms with E-state index in [1.54, 1.807) is 0 Å². The number of carbonyl (C=O) groups is 1. The summed E-state index contributed by atoms with van der Waals surface area (Å²) in [6.45, 7) is 1.51. The molecule has 0 aliphatic carbocycles. The van der Waals surface area contributed by atoms with Gasteiger partial charge in [0.1, 0.15) is 11.6 Å².